The van der Waals surface area contributed by atoms with Crippen molar-refractivity contribution >= 4 is 29.3 Å². The normalized spacial score (nSPS) is 12.8. The number of aliphatic carboxylic acids is 1. The van der Waals surface area contributed by atoms with Gasteiger partial charge in [-0.05, 0) is 19.1 Å². The summed E-state index contributed by atoms with van der Waals surface area (Å²) in [6, 6.07) is 0.124. The first-order valence-electron chi connectivity index (χ1n) is 7.27. The van der Waals surface area contributed by atoms with Gasteiger partial charge < -0.3 is 20.3 Å². The second-order valence-corrected chi connectivity index (χ2v) is 5.25. The molecule has 0 aliphatic carbocycles. The van der Waals surface area contributed by atoms with Crippen molar-refractivity contribution < 1.29 is 28.7 Å². The second kappa shape index (κ2) is 8.71. The fourth-order valence-electron chi connectivity index (χ4n) is 2.03. The zero-order valence-electron chi connectivity index (χ0n) is 13.6. The highest BCUT2D eigenvalue weighted by Gasteiger charge is 2.26. The minimum atomic E-state index is -1.54. The first-order valence-corrected chi connectivity index (χ1v) is 7.27. The smallest absolute Gasteiger partial charge is 0.305 e. The van der Waals surface area contributed by atoms with E-state index in [1.807, 2.05) is 0 Å². The zero-order chi connectivity index (χ0) is 19.1. The van der Waals surface area contributed by atoms with Crippen LogP contribution in [0, 0.1) is 0 Å². The van der Waals surface area contributed by atoms with Gasteiger partial charge in [0.2, 0.25) is 11.8 Å². The Morgan fingerprint density at radius 3 is 2.48 bits per heavy atom. The molecule has 10 heteroatoms. The lowest BCUT2D eigenvalue weighted by molar-refractivity contribution is -0.140. The van der Waals surface area contributed by atoms with E-state index in [1.165, 1.54) is 32.2 Å². The second-order valence-electron chi connectivity index (χ2n) is 5.25. The van der Waals surface area contributed by atoms with Gasteiger partial charge in [0.05, 0.1) is 6.42 Å². The first-order chi connectivity index (χ1) is 11.7. The van der Waals surface area contributed by atoms with Crippen molar-refractivity contribution in [1.29, 1.82) is 0 Å². The Hall–Kier alpha value is -3.04. The number of nitrogens with zero attached hydrogens (tertiary/aromatic N) is 1. The van der Waals surface area contributed by atoms with Crippen molar-refractivity contribution in [2.45, 2.75) is 32.4 Å². The maximum Gasteiger partial charge on any atom is 0.305 e. The molecule has 2 atom stereocenters. The minimum Gasteiger partial charge on any atom is -0.481 e. The molecule has 1 aromatic heterocycles. The third-order valence-electron chi connectivity index (χ3n) is 3.30. The van der Waals surface area contributed by atoms with Gasteiger partial charge in [-0.1, -0.05) is 0 Å². The van der Waals surface area contributed by atoms with E-state index in [0.717, 1.165) is 4.57 Å². The topological polar surface area (TPSA) is 135 Å². The number of alkyl halides is 1. The van der Waals surface area contributed by atoms with Crippen LogP contribution in [0.2, 0.25) is 0 Å². The fourth-order valence-corrected chi connectivity index (χ4v) is 2.03. The summed E-state index contributed by atoms with van der Waals surface area (Å²) >= 11 is 0. The van der Waals surface area contributed by atoms with Gasteiger partial charge in [-0.15, -0.1) is 0 Å². The van der Waals surface area contributed by atoms with Crippen LogP contribution < -0.4 is 16.2 Å². The molecular weight excluding hydrogens is 337 g/mol. The highest BCUT2D eigenvalue weighted by molar-refractivity contribution is 5.93. The Kier molecular flexibility index (Phi) is 6.97. The molecular formula is C15H18FN3O6. The van der Waals surface area contributed by atoms with Crippen LogP contribution >= 0.6 is 0 Å². The third kappa shape index (κ3) is 5.52. The van der Waals surface area contributed by atoms with Crippen LogP contribution in [0.15, 0.2) is 23.1 Å². The molecule has 0 spiro atoms. The summed E-state index contributed by atoms with van der Waals surface area (Å²) in [7, 11) is 0. The SMILES string of the molecule is CC(=O)Nc1cccn(C(C)C(=O)NC(CC(=O)O)C(=O)CF)c1=O. The number of aromatic nitrogens is 1. The van der Waals surface area contributed by atoms with Crippen molar-refractivity contribution in [2.24, 2.45) is 0 Å². The number of pyridine rings is 1. The molecule has 2 amide bonds. The number of nitrogens with one attached hydrogen (secondary N) is 2. The van der Waals surface area contributed by atoms with Crippen LogP contribution in [0.3, 0.4) is 0 Å². The van der Waals surface area contributed by atoms with E-state index in [2.05, 4.69) is 10.6 Å². The molecule has 0 saturated heterocycles. The summed E-state index contributed by atoms with van der Waals surface area (Å²) in [5, 5.41) is 13.2. The molecule has 25 heavy (non-hydrogen) atoms. The van der Waals surface area contributed by atoms with Crippen molar-refractivity contribution in [3.8, 4) is 0 Å². The lowest BCUT2D eigenvalue weighted by Gasteiger charge is -2.20. The minimum absolute atomic E-state index is 0.0448. The Morgan fingerprint density at radius 1 is 1.32 bits per heavy atom. The summed E-state index contributed by atoms with van der Waals surface area (Å²) in [4.78, 5) is 57.7. The third-order valence-corrected chi connectivity index (χ3v) is 3.30. The van der Waals surface area contributed by atoms with Crippen LogP contribution in [0.1, 0.15) is 26.3 Å². The number of carboxylic acid groups (broad SMARTS) is 1. The number of carboxylic acids is 1. The van der Waals surface area contributed by atoms with Crippen molar-refractivity contribution in [3.63, 3.8) is 0 Å². The van der Waals surface area contributed by atoms with Crippen molar-refractivity contribution in [3.05, 3.63) is 28.7 Å². The van der Waals surface area contributed by atoms with Crippen LogP contribution in [0.5, 0.6) is 0 Å². The molecule has 3 N–H and O–H groups in total. The maximum atomic E-state index is 12.5. The predicted molar refractivity (Wildman–Crippen MR) is 84.9 cm³/mol. The number of amides is 2. The molecule has 0 radical (unpaired) electrons. The van der Waals surface area contributed by atoms with Crippen LogP contribution in [0.4, 0.5) is 10.1 Å². The molecule has 136 valence electrons. The van der Waals surface area contributed by atoms with Crippen LogP contribution in [0.25, 0.3) is 0 Å². The van der Waals surface area contributed by atoms with Crippen molar-refractivity contribution in [1.82, 2.24) is 9.88 Å². The van der Waals surface area contributed by atoms with E-state index in [4.69, 9.17) is 5.11 Å². The Labute approximate surface area is 141 Å². The number of hydrogen-bond acceptors (Lipinski definition) is 5. The first kappa shape index (κ1) is 20.0. The highest BCUT2D eigenvalue weighted by atomic mass is 19.1. The molecule has 0 bridgehead atoms. The van der Waals surface area contributed by atoms with Gasteiger partial charge in [0, 0.05) is 13.1 Å². The highest BCUT2D eigenvalue weighted by Crippen LogP contribution is 2.08. The summed E-state index contributed by atoms with van der Waals surface area (Å²) in [5.74, 6) is -3.77. The van der Waals surface area contributed by atoms with Gasteiger partial charge in [0.15, 0.2) is 5.78 Å². The lowest BCUT2D eigenvalue weighted by Crippen LogP contribution is -2.46. The van der Waals surface area contributed by atoms with Crippen molar-refractivity contribution in [2.75, 3.05) is 12.0 Å². The number of Topliss-reactive ketones (excluding diaryl/α,β-unsaturated/α-hetero) is 1. The number of halogens is 1. The Bertz CT molecular complexity index is 745. The molecule has 1 rings (SSSR count). The van der Waals surface area contributed by atoms with E-state index in [1.54, 1.807) is 0 Å². The number of ketones is 1. The largest absolute Gasteiger partial charge is 0.481 e. The van der Waals surface area contributed by atoms with Gasteiger partial charge >= 0.3 is 5.97 Å². The van der Waals surface area contributed by atoms with Gasteiger partial charge in [0.25, 0.3) is 5.56 Å². The number of anilines is 1. The van der Waals surface area contributed by atoms with E-state index in [9.17, 15) is 28.4 Å². The molecule has 0 aromatic carbocycles. The van der Waals surface area contributed by atoms with Crippen LogP contribution in [-0.4, -0.2) is 46.0 Å². The molecule has 0 fully saturated rings. The fraction of sp³-hybridized carbons (Fsp3) is 0.400. The molecule has 0 saturated carbocycles. The summed E-state index contributed by atoms with van der Waals surface area (Å²) in [6.07, 6.45) is 0.517. The predicted octanol–water partition coefficient (Wildman–Crippen LogP) is -0.134. The Balaban J connectivity index is 3.02. The maximum absolute atomic E-state index is 12.5. The van der Waals surface area contributed by atoms with E-state index < -0.39 is 54.3 Å². The summed E-state index contributed by atoms with van der Waals surface area (Å²) < 4.78 is 13.5. The number of hydrogen-bond donors (Lipinski definition) is 3. The lowest BCUT2D eigenvalue weighted by atomic mass is 10.1. The van der Waals surface area contributed by atoms with Gasteiger partial charge in [-0.25, -0.2) is 4.39 Å². The van der Waals surface area contributed by atoms with Crippen LogP contribution in [-0.2, 0) is 19.2 Å². The van der Waals surface area contributed by atoms with E-state index >= 15 is 0 Å². The molecule has 1 heterocycles. The number of rotatable bonds is 8. The molecule has 2 unspecified atom stereocenters. The van der Waals surface area contributed by atoms with Gasteiger partial charge in [-0.2, -0.15) is 0 Å². The van der Waals surface area contributed by atoms with Gasteiger partial charge in [0.1, 0.15) is 24.4 Å². The molecule has 1 aromatic rings. The molecule has 0 aliphatic heterocycles. The molecule has 0 aliphatic rings. The summed E-state index contributed by atoms with van der Waals surface area (Å²) in [5.41, 5.74) is -0.705. The van der Waals surface area contributed by atoms with E-state index in [-0.39, 0.29) is 5.69 Å². The Morgan fingerprint density at radius 2 is 1.96 bits per heavy atom. The van der Waals surface area contributed by atoms with Gasteiger partial charge in [-0.3, -0.25) is 24.0 Å². The monoisotopic (exact) mass is 355 g/mol. The average molecular weight is 355 g/mol. The van der Waals surface area contributed by atoms with E-state index in [0.29, 0.717) is 0 Å². The number of carbonyl (C=O) groups excluding carboxylic acids is 3. The zero-order valence-corrected chi connectivity index (χ0v) is 13.6. The standard InChI is InChI=1S/C15H18FN3O6/c1-8(14(24)18-11(6-13(22)23)12(21)7-16)19-5-3-4-10(15(19)25)17-9(2)20/h3-5,8,11H,6-7H2,1-2H3,(H,17,20)(H,18,24)(H,22,23). The summed E-state index contributed by atoms with van der Waals surface area (Å²) in [6.45, 7) is 1.13. The number of carbonyl (C=O) groups is 4. The average Bonchev–Trinajstić information content (AvgIpc) is 2.53. The molecule has 9 nitrogen and oxygen atoms in total. The quantitative estimate of drug-likeness (QED) is 0.594.